The van der Waals surface area contributed by atoms with Crippen molar-refractivity contribution in [1.82, 2.24) is 53.9 Å². The highest BCUT2D eigenvalue weighted by Crippen LogP contribution is 2.39. The standard InChI is InChI=1S/C26H24FN5O2S.C21H20FNO3.C17H13FO.C16H11FO2.C15H16INO3.C11H16N4OS.C6H5BFO2/c27-19-4-1-17(2-5-19)22-14-29-23-13-18(3-6-21(22)23)25(33)32-15-20(16-32)30-8-10-31(11-9-30)26(34)24-28-7-12-35-24;1-13(24)15-7-10-17-18(14-5-8-16(22)9-6-14)12-23(19(17)11-15)20(25)26-21(2,3)4;1-11(19)13-4-8-17-14(10-13)5-9-16(17)12-2-6-15(18)7-3-12;17-13-5-1-10(2-6-13)14-7-3-11-9-12(16(18)19)4-8-15(11)14;1-9(18)10-5-6-11-12(16)8-17(13(11)7-10)14(19)20-15(2,3)4;16-11(10-13-1-6-17-10)15-4-2-14(3-5-15)9-7-12-8-9;8-5-1-3-6(4-2-5)10-7-9/h1-7,12-14,20,29H,8-11,15-16H2;5-12H,1-4H3;2-4,6-10H,5H2,1H3;1-2,4-9H,3H2,(H,18,19);5-8H,1-4H3;1,6,9,12H,2-5,7-8H2;1-4,9H. The number of carboxylic acid groups (broad SMARTS) is 1. The number of aromatic carboxylic acids is 1. The number of amides is 3. The van der Waals surface area contributed by atoms with Crippen LogP contribution in [0.2, 0.25) is 0 Å². The van der Waals surface area contributed by atoms with Crippen molar-refractivity contribution in [1.29, 1.82) is 0 Å². The van der Waals surface area contributed by atoms with Gasteiger partial charge in [-0.1, -0.05) is 109 Å². The molecule has 25 nitrogen and oxygen atoms in total. The van der Waals surface area contributed by atoms with Crippen LogP contribution in [0.5, 0.6) is 5.75 Å². The van der Waals surface area contributed by atoms with Gasteiger partial charge in [0.1, 0.15) is 46.0 Å². The minimum Gasteiger partial charge on any atom is -0.537 e. The fraction of sp³-hybridized carbons (Fsp3) is 0.241. The number of halogens is 6. The van der Waals surface area contributed by atoms with Crippen molar-refractivity contribution in [3.63, 3.8) is 0 Å². The summed E-state index contributed by atoms with van der Waals surface area (Å²) in [6, 6.07) is 58.8. The van der Waals surface area contributed by atoms with Crippen LogP contribution in [0.25, 0.3) is 66.1 Å². The van der Waals surface area contributed by atoms with Crippen LogP contribution >= 0.6 is 45.3 Å². The van der Waals surface area contributed by atoms with Crippen molar-refractivity contribution in [3.8, 4) is 28.0 Å². The summed E-state index contributed by atoms with van der Waals surface area (Å²) in [5, 5.41) is 28.0. The second-order valence-electron chi connectivity index (χ2n) is 37.2. The van der Waals surface area contributed by atoms with Gasteiger partial charge in [-0.25, -0.2) is 46.3 Å². The smallest absolute Gasteiger partial charge is 0.537 e. The third-order valence-corrected chi connectivity index (χ3v) is 27.4. The Morgan fingerprint density at radius 1 is 0.432 bits per heavy atom. The predicted octanol–water partition coefficient (Wildman–Crippen LogP) is 21.5. The van der Waals surface area contributed by atoms with E-state index in [2.05, 4.69) is 63.4 Å². The number of carboxylic acids is 1. The number of Topliss-reactive ketones (excluding diaryl/α,β-unsaturated/α-hetero) is 3. The largest absolute Gasteiger partial charge is 0.569 e. The lowest BCUT2D eigenvalue weighted by Gasteiger charge is -2.48. The summed E-state index contributed by atoms with van der Waals surface area (Å²) < 4.78 is 83.8. The number of aromatic nitrogens is 5. The summed E-state index contributed by atoms with van der Waals surface area (Å²) >= 11 is 4.96. The number of nitrogens with one attached hydrogen (secondary N) is 2. The number of hydrogen-bond donors (Lipinski definition) is 4. The number of H-pyrrole nitrogens is 1. The maximum Gasteiger partial charge on any atom is 0.569 e. The van der Waals surface area contributed by atoms with Crippen LogP contribution in [0.4, 0.5) is 31.5 Å². The first-order valence-corrected chi connectivity index (χ1v) is 50.0. The predicted molar refractivity (Wildman–Crippen MR) is 564 cm³/mol. The molecule has 4 saturated heterocycles. The van der Waals surface area contributed by atoms with Crippen LogP contribution < -0.4 is 9.97 Å². The van der Waals surface area contributed by atoms with Gasteiger partial charge in [-0.3, -0.25) is 47.7 Å². The van der Waals surface area contributed by atoms with Crippen molar-refractivity contribution in [3.05, 3.63) is 370 Å². The Hall–Kier alpha value is -14.5. The van der Waals surface area contributed by atoms with Crippen LogP contribution in [0.15, 0.2) is 266 Å². The minimum absolute atomic E-state index is 0.00681. The van der Waals surface area contributed by atoms with E-state index in [9.17, 15) is 65.1 Å². The molecule has 34 heteroatoms. The number of ketones is 3. The molecule has 0 bridgehead atoms. The zero-order valence-electron chi connectivity index (χ0n) is 81.4. The van der Waals surface area contributed by atoms with Crippen molar-refractivity contribution in [2.24, 2.45) is 0 Å². The summed E-state index contributed by atoms with van der Waals surface area (Å²) in [5.74, 6) is -1.84. The highest BCUT2D eigenvalue weighted by atomic mass is 127. The topological polar surface area (TPSA) is 301 Å². The molecule has 0 atom stereocenters. The molecule has 9 heterocycles. The van der Waals surface area contributed by atoms with Crippen molar-refractivity contribution in [2.75, 3.05) is 78.5 Å². The summed E-state index contributed by atoms with van der Waals surface area (Å²) in [6.07, 6.45) is 13.4. The van der Waals surface area contributed by atoms with E-state index in [0.717, 1.165) is 156 Å². The van der Waals surface area contributed by atoms with E-state index in [1.54, 1.807) is 143 Å². The summed E-state index contributed by atoms with van der Waals surface area (Å²) in [7, 11) is 0.549. The minimum atomic E-state index is -0.918. The van der Waals surface area contributed by atoms with E-state index in [1.165, 1.54) is 118 Å². The zero-order valence-corrected chi connectivity index (χ0v) is 85.2. The highest BCUT2D eigenvalue weighted by Gasteiger charge is 2.39. The normalized spacial score (nSPS) is 14.4. The van der Waals surface area contributed by atoms with Crippen LogP contribution in [-0.4, -0.2) is 221 Å². The van der Waals surface area contributed by atoms with Gasteiger partial charge in [0.15, 0.2) is 27.4 Å². The second-order valence-corrected chi connectivity index (χ2v) is 40.2. The molecule has 3 amide bonds. The fourth-order valence-corrected chi connectivity index (χ4v) is 19.2. The number of piperazine rings is 2. The number of carbonyl (C=O) groups excluding carboxylic acids is 8. The lowest BCUT2D eigenvalue weighted by molar-refractivity contribution is 0.00848. The Balaban J connectivity index is 0.000000131. The molecule has 2 aliphatic carbocycles. The summed E-state index contributed by atoms with van der Waals surface area (Å²) in [6.45, 7) is 25.6. The van der Waals surface area contributed by atoms with Gasteiger partial charge >= 0.3 is 25.8 Å². The van der Waals surface area contributed by atoms with E-state index in [-0.39, 0.29) is 64.2 Å². The maximum absolute atomic E-state index is 13.3. The van der Waals surface area contributed by atoms with Gasteiger partial charge in [0.25, 0.3) is 17.7 Å². The van der Waals surface area contributed by atoms with Crippen molar-refractivity contribution in [2.45, 2.75) is 98.4 Å². The number of hydrogen-bond acceptors (Lipinski definition) is 20. The Morgan fingerprint density at radius 2 is 0.829 bits per heavy atom. The third-order valence-electron chi connectivity index (χ3n) is 25.0. The number of benzene rings is 10. The zero-order chi connectivity index (χ0) is 104. The number of allylic oxidation sites excluding steroid dienone is 2. The molecule has 4 aliphatic heterocycles. The lowest BCUT2D eigenvalue weighted by Crippen LogP contribution is -2.64. The van der Waals surface area contributed by atoms with Gasteiger partial charge in [0.05, 0.1) is 16.6 Å². The van der Waals surface area contributed by atoms with Crippen LogP contribution in [0, 0.1) is 32.7 Å². The van der Waals surface area contributed by atoms with E-state index in [4.69, 9.17) is 19.6 Å². The summed E-state index contributed by atoms with van der Waals surface area (Å²) in [4.78, 5) is 130. The number of fused-ring (bicyclic) bond motifs is 5. The SMILES string of the molecule is CC(=O)c1ccc2c(-c3ccc(F)cc3)cn(C(=O)OC(C)(C)C)c2c1.CC(=O)c1ccc2c(I)cn(C(=O)OC(C)(C)C)c2c1.CC(=O)c1ccc2c(c1)CC=C2c1ccc(F)cc1.O=C(O)c1ccc2c(c1)CC=C2c1ccc(F)cc1.O=C(c1ccc2c(-c3ccc(F)cc3)c[nH]c2c1)N1CC(N2CCN(C(=O)c3nccs3)CC2)C1.O=C(c1nccs1)N1CCN(C2CNC2)CC1.O[B]Oc1ccc(F)cc1. The van der Waals surface area contributed by atoms with Crippen LogP contribution in [0.1, 0.15) is 167 Å². The van der Waals surface area contributed by atoms with E-state index < -0.39 is 29.4 Å². The molecule has 4 fully saturated rings. The van der Waals surface area contributed by atoms with Crippen molar-refractivity contribution >= 4 is 150 Å². The van der Waals surface area contributed by atoms with Crippen LogP contribution in [-0.2, 0) is 22.3 Å². The second kappa shape index (κ2) is 47.1. The molecule has 10 aromatic carbocycles. The first-order valence-electron chi connectivity index (χ1n) is 47.1. The maximum atomic E-state index is 13.3. The molecule has 0 unspecified atom stereocenters. The highest BCUT2D eigenvalue weighted by molar-refractivity contribution is 14.1. The Kier molecular flexibility index (Phi) is 34.1. The number of ether oxygens (including phenoxy) is 2. The van der Waals surface area contributed by atoms with Gasteiger partial charge in [0.2, 0.25) is 0 Å². The van der Waals surface area contributed by atoms with Gasteiger partial charge in [0, 0.05) is 191 Å². The quantitative estimate of drug-likeness (QED) is 0.0321. The van der Waals surface area contributed by atoms with Gasteiger partial charge < -0.3 is 49.3 Å². The first-order chi connectivity index (χ1) is 69.9. The number of likely N-dealkylation sites (tertiary alicyclic amines) is 1. The molecule has 0 spiro atoms. The van der Waals surface area contributed by atoms with E-state index >= 15 is 0 Å². The van der Waals surface area contributed by atoms with Gasteiger partial charge in [-0.15, -0.1) is 22.7 Å². The number of rotatable bonds is 15. The number of aromatic amines is 1. The molecule has 4 N–H and O–H groups in total. The monoisotopic (exact) mass is 2120 g/mol. The molecular weight excluding hydrogens is 2020 g/mol. The molecule has 1 radical (unpaired) electrons. The number of thiazole rings is 2. The van der Waals surface area contributed by atoms with Gasteiger partial charge in [-0.05, 0) is 269 Å². The Labute approximate surface area is 862 Å². The first kappa shape index (κ1) is 106. The summed E-state index contributed by atoms with van der Waals surface area (Å²) in [5.41, 5.74) is 15.6. The molecule has 749 valence electrons. The molecule has 146 heavy (non-hydrogen) atoms. The average Bonchev–Trinajstić information content (AvgIpc) is 1.58. The molecule has 5 aromatic heterocycles. The Bertz CT molecular complexity index is 7250. The number of carbonyl (C=O) groups is 9. The lowest BCUT2D eigenvalue weighted by atomic mass is 9.97. The van der Waals surface area contributed by atoms with Crippen LogP contribution in [0.3, 0.4) is 0 Å². The van der Waals surface area contributed by atoms with E-state index in [1.807, 2.05) is 107 Å². The average molecular weight is 2130 g/mol. The fourth-order valence-electron chi connectivity index (χ4n) is 17.3. The molecular formula is C112H105BF5IN11O14S2. The number of nitrogens with zero attached hydrogens (tertiary/aromatic N) is 9. The molecule has 21 rings (SSSR count). The van der Waals surface area contributed by atoms with Gasteiger partial charge in [-0.2, -0.15) is 0 Å². The Morgan fingerprint density at radius 3 is 1.26 bits per heavy atom. The third kappa shape index (κ3) is 26.4. The molecule has 0 saturated carbocycles. The van der Waals surface area contributed by atoms with Crippen molar-refractivity contribution < 1.29 is 89.4 Å². The molecule has 6 aliphatic rings. The van der Waals surface area contributed by atoms with E-state index in [0.29, 0.717) is 101 Å². The molecule has 15 aromatic rings.